The van der Waals surface area contributed by atoms with E-state index < -0.39 is 5.82 Å². The Labute approximate surface area is 114 Å². The first-order valence-corrected chi connectivity index (χ1v) is 6.04. The van der Waals surface area contributed by atoms with Crippen LogP contribution in [0.5, 0.6) is 5.75 Å². The van der Waals surface area contributed by atoms with Crippen LogP contribution in [-0.4, -0.2) is 15.2 Å². The van der Waals surface area contributed by atoms with Crippen molar-refractivity contribution in [2.24, 2.45) is 0 Å². The fraction of sp³-hybridized carbons (Fsp3) is 0.0667. The molecule has 0 spiro atoms. The second-order valence-corrected chi connectivity index (χ2v) is 4.43. The van der Waals surface area contributed by atoms with Gasteiger partial charge < -0.3 is 9.63 Å². The van der Waals surface area contributed by atoms with Gasteiger partial charge in [-0.15, -0.1) is 0 Å². The minimum absolute atomic E-state index is 0.0443. The average Bonchev–Trinajstić information content (AvgIpc) is 2.88. The molecule has 1 N–H and O–H groups in total. The maximum Gasteiger partial charge on any atom is 0.265 e. The number of halogens is 1. The topological polar surface area (TPSA) is 59.2 Å². The third-order valence-corrected chi connectivity index (χ3v) is 2.91. The lowest BCUT2D eigenvalue weighted by Gasteiger charge is -1.99. The zero-order valence-electron chi connectivity index (χ0n) is 10.7. The van der Waals surface area contributed by atoms with Crippen LogP contribution in [0.4, 0.5) is 4.39 Å². The first-order valence-electron chi connectivity index (χ1n) is 6.04. The lowest BCUT2D eigenvalue weighted by atomic mass is 10.1. The van der Waals surface area contributed by atoms with Crippen LogP contribution in [0.25, 0.3) is 22.8 Å². The Hall–Kier alpha value is -2.69. The first kappa shape index (κ1) is 12.3. The molecule has 0 fully saturated rings. The molecular formula is C15H11FN2O2. The molecule has 4 nitrogen and oxygen atoms in total. The molecule has 0 saturated carbocycles. The molecule has 100 valence electrons. The van der Waals surface area contributed by atoms with E-state index in [4.69, 9.17) is 4.52 Å². The van der Waals surface area contributed by atoms with E-state index in [1.165, 1.54) is 18.2 Å². The van der Waals surface area contributed by atoms with Crippen molar-refractivity contribution in [1.82, 2.24) is 10.1 Å². The lowest BCUT2D eigenvalue weighted by Crippen LogP contribution is -1.86. The Bertz CT molecular complexity index is 748. The number of aromatic nitrogens is 2. The Kier molecular flexibility index (Phi) is 2.95. The normalized spacial score (nSPS) is 10.7. The van der Waals surface area contributed by atoms with Gasteiger partial charge in [0.2, 0.25) is 5.82 Å². The van der Waals surface area contributed by atoms with E-state index >= 15 is 0 Å². The van der Waals surface area contributed by atoms with Crippen molar-refractivity contribution in [2.45, 2.75) is 6.92 Å². The van der Waals surface area contributed by atoms with E-state index in [9.17, 15) is 9.50 Å². The van der Waals surface area contributed by atoms with Crippen LogP contribution in [-0.2, 0) is 0 Å². The van der Waals surface area contributed by atoms with Crippen LogP contribution >= 0.6 is 0 Å². The van der Waals surface area contributed by atoms with Gasteiger partial charge in [0.25, 0.3) is 5.89 Å². The quantitative estimate of drug-likeness (QED) is 0.773. The van der Waals surface area contributed by atoms with E-state index in [-0.39, 0.29) is 17.2 Å². The zero-order valence-corrected chi connectivity index (χ0v) is 10.7. The molecule has 0 amide bonds. The van der Waals surface area contributed by atoms with E-state index in [1.807, 2.05) is 31.2 Å². The van der Waals surface area contributed by atoms with Crippen LogP contribution in [0.1, 0.15) is 5.56 Å². The Balaban J connectivity index is 2.07. The van der Waals surface area contributed by atoms with Crippen molar-refractivity contribution in [2.75, 3.05) is 0 Å². The second kappa shape index (κ2) is 4.77. The monoisotopic (exact) mass is 270 g/mol. The van der Waals surface area contributed by atoms with Crippen molar-refractivity contribution in [3.05, 3.63) is 53.8 Å². The van der Waals surface area contributed by atoms with Gasteiger partial charge in [0.15, 0.2) is 0 Å². The molecule has 0 aliphatic heterocycles. The Morgan fingerprint density at radius 2 is 1.95 bits per heavy atom. The van der Waals surface area contributed by atoms with Gasteiger partial charge in [0.1, 0.15) is 17.1 Å². The number of phenolic OH excluding ortho intramolecular Hbond substituents is 1. The second-order valence-electron chi connectivity index (χ2n) is 4.43. The number of hydrogen-bond donors (Lipinski definition) is 1. The number of rotatable bonds is 2. The molecule has 2 aromatic carbocycles. The summed E-state index contributed by atoms with van der Waals surface area (Å²) in [4.78, 5) is 4.14. The van der Waals surface area contributed by atoms with Crippen molar-refractivity contribution in [1.29, 1.82) is 0 Å². The first-order chi connectivity index (χ1) is 9.65. The maximum atomic E-state index is 13.7. The minimum atomic E-state index is -0.607. The summed E-state index contributed by atoms with van der Waals surface area (Å²) < 4.78 is 18.8. The van der Waals surface area contributed by atoms with Crippen molar-refractivity contribution < 1.29 is 14.0 Å². The third kappa shape index (κ3) is 2.14. The molecule has 0 bridgehead atoms. The molecule has 5 heteroatoms. The summed E-state index contributed by atoms with van der Waals surface area (Å²) in [5.74, 6) is -0.530. The number of hydrogen-bond acceptors (Lipinski definition) is 4. The number of phenols is 1. The lowest BCUT2D eigenvalue weighted by molar-refractivity contribution is 0.421. The van der Waals surface area contributed by atoms with Crippen molar-refractivity contribution in [3.63, 3.8) is 0 Å². The van der Waals surface area contributed by atoms with Gasteiger partial charge in [0, 0.05) is 5.56 Å². The minimum Gasteiger partial charge on any atom is -0.507 e. The van der Waals surface area contributed by atoms with Crippen LogP contribution < -0.4 is 0 Å². The highest BCUT2D eigenvalue weighted by Gasteiger charge is 2.18. The Morgan fingerprint density at radius 3 is 2.70 bits per heavy atom. The molecule has 0 aliphatic carbocycles. The smallest absolute Gasteiger partial charge is 0.265 e. The molecular weight excluding hydrogens is 259 g/mol. The van der Waals surface area contributed by atoms with Gasteiger partial charge in [-0.05, 0) is 25.1 Å². The fourth-order valence-electron chi connectivity index (χ4n) is 1.95. The zero-order chi connectivity index (χ0) is 14.1. The standard InChI is InChI=1S/C15H11FN2O2/c1-9-4-2-5-10(8-9)14-17-15(20-18-14)13-11(16)6-3-7-12(13)19/h2-8,19H,1H3. The summed E-state index contributed by atoms with van der Waals surface area (Å²) in [7, 11) is 0. The van der Waals surface area contributed by atoms with E-state index in [2.05, 4.69) is 10.1 Å². The van der Waals surface area contributed by atoms with E-state index in [0.29, 0.717) is 5.82 Å². The summed E-state index contributed by atoms with van der Waals surface area (Å²) in [5.41, 5.74) is 1.75. The molecule has 0 unspecified atom stereocenters. The molecule has 1 aromatic heterocycles. The predicted octanol–water partition coefficient (Wildman–Crippen LogP) is 3.56. The number of nitrogens with zero attached hydrogens (tertiary/aromatic N) is 2. The highest BCUT2D eigenvalue weighted by atomic mass is 19.1. The molecule has 3 aromatic rings. The predicted molar refractivity (Wildman–Crippen MR) is 71.5 cm³/mol. The summed E-state index contributed by atoms with van der Waals surface area (Å²) in [6, 6.07) is 11.6. The fourth-order valence-corrected chi connectivity index (χ4v) is 1.95. The SMILES string of the molecule is Cc1cccc(-c2noc(-c3c(O)cccc3F)n2)c1. The van der Waals surface area contributed by atoms with Gasteiger partial charge in [-0.2, -0.15) is 4.98 Å². The number of aromatic hydroxyl groups is 1. The summed E-state index contributed by atoms with van der Waals surface area (Å²) >= 11 is 0. The van der Waals surface area contributed by atoms with Gasteiger partial charge >= 0.3 is 0 Å². The Morgan fingerprint density at radius 1 is 1.15 bits per heavy atom. The molecule has 20 heavy (non-hydrogen) atoms. The number of aryl methyl sites for hydroxylation is 1. The molecule has 1 heterocycles. The molecule has 0 atom stereocenters. The van der Waals surface area contributed by atoms with Crippen LogP contribution in [0, 0.1) is 12.7 Å². The van der Waals surface area contributed by atoms with Gasteiger partial charge in [-0.3, -0.25) is 0 Å². The maximum absolute atomic E-state index is 13.7. The molecule has 3 rings (SSSR count). The van der Waals surface area contributed by atoms with Gasteiger partial charge in [-0.25, -0.2) is 4.39 Å². The van der Waals surface area contributed by atoms with Crippen molar-refractivity contribution in [3.8, 4) is 28.6 Å². The number of benzene rings is 2. The van der Waals surface area contributed by atoms with Crippen molar-refractivity contribution >= 4 is 0 Å². The van der Waals surface area contributed by atoms with Gasteiger partial charge in [-0.1, -0.05) is 35.0 Å². The summed E-state index contributed by atoms with van der Waals surface area (Å²) in [6.07, 6.45) is 0. The molecule has 0 saturated heterocycles. The van der Waals surface area contributed by atoms with E-state index in [0.717, 1.165) is 11.1 Å². The highest BCUT2D eigenvalue weighted by molar-refractivity contribution is 5.65. The average molecular weight is 270 g/mol. The summed E-state index contributed by atoms with van der Waals surface area (Å²) in [5, 5.41) is 13.5. The molecule has 0 radical (unpaired) electrons. The summed E-state index contributed by atoms with van der Waals surface area (Å²) in [6.45, 7) is 1.95. The highest BCUT2D eigenvalue weighted by Crippen LogP contribution is 2.31. The van der Waals surface area contributed by atoms with Crippen LogP contribution in [0.3, 0.4) is 0 Å². The van der Waals surface area contributed by atoms with E-state index in [1.54, 1.807) is 0 Å². The van der Waals surface area contributed by atoms with Crippen LogP contribution in [0.2, 0.25) is 0 Å². The third-order valence-electron chi connectivity index (χ3n) is 2.91. The molecule has 0 aliphatic rings. The van der Waals surface area contributed by atoms with Gasteiger partial charge in [0.05, 0.1) is 0 Å². The van der Waals surface area contributed by atoms with Crippen LogP contribution in [0.15, 0.2) is 47.0 Å². The largest absolute Gasteiger partial charge is 0.507 e.